The number of ether oxygens (including phenoxy) is 5. The highest BCUT2D eigenvalue weighted by Crippen LogP contribution is 2.64. The molecule has 1 heterocycles. The number of amides is 1. The van der Waals surface area contributed by atoms with Crippen molar-refractivity contribution >= 4 is 35.6 Å². The minimum atomic E-state index is -2.36. The lowest BCUT2D eigenvalue weighted by molar-refractivity contribution is -0.347. The molecule has 1 aliphatic heterocycles. The number of carbonyl (C=O) groups is 6. The topological polar surface area (TPSA) is 221 Å². The first-order chi connectivity index (χ1) is 28.1. The molecule has 322 valence electrons. The molecule has 15 nitrogen and oxygen atoms in total. The van der Waals surface area contributed by atoms with Crippen molar-refractivity contribution in [1.82, 2.24) is 5.32 Å². The van der Waals surface area contributed by atoms with Crippen molar-refractivity contribution in [3.63, 3.8) is 0 Å². The summed E-state index contributed by atoms with van der Waals surface area (Å²) in [6.45, 7) is 11.1. The standard InChI is InChI=1S/C45H53NO14/c1-9-23(2)40(53)59-38-36-43(8,30(49)20-31-44(36,22-56-31)60-26(5)48)37(51)35(57-25(4)47)32-24(3)29(21-45(38,55)42(32,6)7)58-41(54)34(50)33(27-16-12-10-13-17-27)46-39(52)28-18-14-11-15-19-28/h9-19,29-31,33-36,38,49-50,55H,20-22H2,1-8H3,(H,46,52)/b23-9+/t29-,30-,31+,33-,34+,35+,36-,38-,43+,44-,45+/m0/s1. The number of esters is 4. The van der Waals surface area contributed by atoms with Crippen molar-refractivity contribution in [2.75, 3.05) is 6.61 Å². The number of benzene rings is 2. The zero-order chi connectivity index (χ0) is 44.1. The van der Waals surface area contributed by atoms with E-state index in [0.717, 1.165) is 13.8 Å². The van der Waals surface area contributed by atoms with Gasteiger partial charge in [0.05, 0.1) is 30.1 Å². The van der Waals surface area contributed by atoms with Gasteiger partial charge >= 0.3 is 23.9 Å². The van der Waals surface area contributed by atoms with Crippen LogP contribution in [0.3, 0.4) is 0 Å². The van der Waals surface area contributed by atoms with Gasteiger partial charge in [-0.1, -0.05) is 68.5 Å². The van der Waals surface area contributed by atoms with Crippen LogP contribution < -0.4 is 5.32 Å². The van der Waals surface area contributed by atoms with E-state index in [2.05, 4.69) is 5.32 Å². The summed E-state index contributed by atoms with van der Waals surface area (Å²) in [7, 11) is 0. The van der Waals surface area contributed by atoms with Crippen LogP contribution in [0.25, 0.3) is 0 Å². The van der Waals surface area contributed by atoms with Crippen LogP contribution in [0.2, 0.25) is 0 Å². The molecule has 15 heteroatoms. The second kappa shape index (κ2) is 16.3. The van der Waals surface area contributed by atoms with E-state index in [-0.39, 0.29) is 35.3 Å². The lowest BCUT2D eigenvalue weighted by Crippen LogP contribution is -2.82. The number of carbonyl (C=O) groups excluding carboxylic acids is 6. The van der Waals surface area contributed by atoms with Gasteiger partial charge in [-0.2, -0.15) is 0 Å². The van der Waals surface area contributed by atoms with Crippen LogP contribution in [0, 0.1) is 16.7 Å². The fourth-order valence-electron chi connectivity index (χ4n) is 9.75. The van der Waals surface area contributed by atoms with Gasteiger partial charge < -0.3 is 44.3 Å². The number of aliphatic hydroxyl groups is 3. The van der Waals surface area contributed by atoms with Crippen molar-refractivity contribution in [2.24, 2.45) is 16.7 Å². The quantitative estimate of drug-likeness (QED) is 0.117. The molecule has 2 aromatic rings. The molecule has 0 radical (unpaired) electrons. The first kappa shape index (κ1) is 44.3. The lowest BCUT2D eigenvalue weighted by atomic mass is 9.44. The largest absolute Gasteiger partial charge is 0.456 e. The molecule has 0 spiro atoms. The number of nitrogens with one attached hydrogen (secondary N) is 1. The fourth-order valence-corrected chi connectivity index (χ4v) is 9.75. The summed E-state index contributed by atoms with van der Waals surface area (Å²) in [5, 5.41) is 40.0. The van der Waals surface area contributed by atoms with Gasteiger partial charge in [-0.05, 0) is 56.5 Å². The average molecular weight is 832 g/mol. The Kier molecular flexibility index (Phi) is 12.1. The summed E-state index contributed by atoms with van der Waals surface area (Å²) in [6.07, 6.45) is -8.91. The number of hydrogen-bond donors (Lipinski definition) is 4. The van der Waals surface area contributed by atoms with Gasteiger partial charge in [-0.25, -0.2) is 9.59 Å². The number of ketones is 1. The van der Waals surface area contributed by atoms with E-state index in [1.54, 1.807) is 81.4 Å². The Balaban J connectivity index is 1.53. The monoisotopic (exact) mass is 831 g/mol. The molecular formula is C45H53NO14. The van der Waals surface area contributed by atoms with Gasteiger partial charge in [-0.3, -0.25) is 19.2 Å². The summed E-state index contributed by atoms with van der Waals surface area (Å²) < 4.78 is 30.1. The van der Waals surface area contributed by atoms with Crippen molar-refractivity contribution in [1.29, 1.82) is 0 Å². The molecule has 2 bridgehead atoms. The number of Topliss-reactive ketones (excluding diaryl/α,β-unsaturated/α-hetero) is 1. The number of allylic oxidation sites excluding steroid dienone is 1. The molecular weight excluding hydrogens is 778 g/mol. The van der Waals surface area contributed by atoms with Gasteiger partial charge in [0.2, 0.25) is 0 Å². The molecule has 11 atom stereocenters. The molecule has 2 aromatic carbocycles. The first-order valence-electron chi connectivity index (χ1n) is 19.9. The zero-order valence-corrected chi connectivity index (χ0v) is 34.9. The molecule has 6 rings (SSSR count). The Morgan fingerprint density at radius 1 is 0.917 bits per heavy atom. The van der Waals surface area contributed by atoms with Gasteiger partial charge in [0.25, 0.3) is 5.91 Å². The predicted molar refractivity (Wildman–Crippen MR) is 211 cm³/mol. The smallest absolute Gasteiger partial charge is 0.338 e. The van der Waals surface area contributed by atoms with Crippen LogP contribution in [0.15, 0.2) is 83.5 Å². The molecule has 1 amide bonds. The molecule has 1 saturated heterocycles. The van der Waals surface area contributed by atoms with Crippen molar-refractivity contribution in [3.05, 3.63) is 94.6 Å². The maximum Gasteiger partial charge on any atom is 0.338 e. The third kappa shape index (κ3) is 7.24. The lowest BCUT2D eigenvalue weighted by Gasteiger charge is -2.67. The van der Waals surface area contributed by atoms with Crippen molar-refractivity contribution < 1.29 is 67.8 Å². The summed E-state index contributed by atoms with van der Waals surface area (Å²) in [4.78, 5) is 82.8. The van der Waals surface area contributed by atoms with Crippen LogP contribution in [0.1, 0.15) is 90.2 Å². The van der Waals surface area contributed by atoms with E-state index < -0.39 is 113 Å². The molecule has 0 unspecified atom stereocenters. The van der Waals surface area contributed by atoms with E-state index >= 15 is 4.79 Å². The predicted octanol–water partition coefficient (Wildman–Crippen LogP) is 3.39. The SMILES string of the molecule is C/C=C(\C)C(=O)O[C@H]1[C@@H]2[C@]3(OC(C)=O)CO[C@@H]3C[C@H](O)[C@@]2(C)C(=O)[C@H](OC(C)=O)C2=C(C)[C@@H](OC(=O)[C@H](O)[C@@H](NC(=O)c3ccccc3)c3ccccc3)C[C@]1(O)C2(C)C. The Labute approximate surface area is 348 Å². The third-order valence-electron chi connectivity index (χ3n) is 13.2. The number of hydrogen-bond acceptors (Lipinski definition) is 14. The average Bonchev–Trinajstić information content (AvgIpc) is 3.20. The highest BCUT2D eigenvalue weighted by molar-refractivity contribution is 5.96. The van der Waals surface area contributed by atoms with Gasteiger partial charge in [0.1, 0.15) is 23.9 Å². The highest BCUT2D eigenvalue weighted by Gasteiger charge is 2.78. The van der Waals surface area contributed by atoms with Crippen LogP contribution in [0.4, 0.5) is 0 Å². The number of rotatable bonds is 10. The molecule has 2 saturated carbocycles. The number of aliphatic hydroxyl groups excluding tert-OH is 2. The van der Waals surface area contributed by atoms with Crippen molar-refractivity contribution in [2.45, 2.75) is 122 Å². The Morgan fingerprint density at radius 2 is 1.53 bits per heavy atom. The molecule has 4 aliphatic rings. The van der Waals surface area contributed by atoms with Crippen LogP contribution in [0.5, 0.6) is 0 Å². The third-order valence-corrected chi connectivity index (χ3v) is 13.2. The van der Waals surface area contributed by atoms with E-state index in [1.165, 1.54) is 26.8 Å². The fraction of sp³-hybridized carbons (Fsp3) is 0.511. The zero-order valence-electron chi connectivity index (χ0n) is 34.9. The maximum atomic E-state index is 15.4. The summed E-state index contributed by atoms with van der Waals surface area (Å²) in [6, 6.07) is 15.1. The second-order valence-electron chi connectivity index (χ2n) is 17.0. The molecule has 4 N–H and O–H groups in total. The normalized spacial score (nSPS) is 32.9. The second-order valence-corrected chi connectivity index (χ2v) is 17.0. The summed E-state index contributed by atoms with van der Waals surface area (Å²) >= 11 is 0. The summed E-state index contributed by atoms with van der Waals surface area (Å²) in [5.74, 6) is -6.76. The number of fused-ring (bicyclic) bond motifs is 5. The Morgan fingerprint density at radius 3 is 2.08 bits per heavy atom. The molecule has 3 aliphatic carbocycles. The van der Waals surface area contributed by atoms with E-state index in [4.69, 9.17) is 23.7 Å². The van der Waals surface area contributed by atoms with Gasteiger partial charge in [0, 0.05) is 43.2 Å². The van der Waals surface area contributed by atoms with Crippen LogP contribution in [-0.4, -0.2) is 105 Å². The summed E-state index contributed by atoms with van der Waals surface area (Å²) in [5.41, 5.74) is -6.85. The van der Waals surface area contributed by atoms with Crippen molar-refractivity contribution in [3.8, 4) is 0 Å². The molecule has 3 fully saturated rings. The van der Waals surface area contributed by atoms with E-state index in [9.17, 15) is 39.3 Å². The first-order valence-corrected chi connectivity index (χ1v) is 19.9. The van der Waals surface area contributed by atoms with E-state index in [0.29, 0.717) is 5.56 Å². The highest BCUT2D eigenvalue weighted by atomic mass is 16.6. The Hall–Kier alpha value is -5.22. The van der Waals surface area contributed by atoms with E-state index in [1.807, 2.05) is 0 Å². The molecule has 60 heavy (non-hydrogen) atoms. The van der Waals surface area contributed by atoms with Crippen LogP contribution in [-0.2, 0) is 47.7 Å². The minimum absolute atomic E-state index is 0.00456. The Bertz CT molecular complexity index is 2110. The van der Waals surface area contributed by atoms with Gasteiger partial charge in [0.15, 0.2) is 23.6 Å². The minimum Gasteiger partial charge on any atom is -0.456 e. The van der Waals surface area contributed by atoms with Gasteiger partial charge in [-0.15, -0.1) is 0 Å². The molecule has 0 aromatic heterocycles. The van der Waals surface area contributed by atoms with Crippen LogP contribution >= 0.6 is 0 Å². The maximum absolute atomic E-state index is 15.4.